The largest absolute Gasteiger partial charge is 0.366 e. The zero-order valence-corrected chi connectivity index (χ0v) is 7.47. The molecule has 62 valence electrons. The summed E-state index contributed by atoms with van der Waals surface area (Å²) in [5.41, 5.74) is 2.33. The number of thiazole rings is 1. The first-order chi connectivity index (χ1) is 5.86. The lowest BCUT2D eigenvalue weighted by molar-refractivity contribution is 0.409. The zero-order chi connectivity index (χ0) is 8.13. The van der Waals surface area contributed by atoms with E-state index in [1.807, 2.05) is 12.3 Å². The van der Waals surface area contributed by atoms with Crippen molar-refractivity contribution in [1.82, 2.24) is 9.38 Å². The number of ether oxygens (including phenoxy) is 1. The SMILES string of the molecule is Cc1nc2sccn2c1C1CO1. The van der Waals surface area contributed by atoms with Crippen LogP contribution >= 0.6 is 11.3 Å². The summed E-state index contributed by atoms with van der Waals surface area (Å²) in [6.07, 6.45) is 2.35. The number of aromatic nitrogens is 2. The van der Waals surface area contributed by atoms with Gasteiger partial charge in [0, 0.05) is 11.6 Å². The quantitative estimate of drug-likeness (QED) is 0.626. The molecule has 12 heavy (non-hydrogen) atoms. The first kappa shape index (κ1) is 6.62. The summed E-state index contributed by atoms with van der Waals surface area (Å²) in [4.78, 5) is 5.50. The average Bonchev–Trinajstić information content (AvgIpc) is 2.66. The monoisotopic (exact) mass is 180 g/mol. The lowest BCUT2D eigenvalue weighted by atomic mass is 10.3. The van der Waals surface area contributed by atoms with Gasteiger partial charge in [0.2, 0.25) is 0 Å². The van der Waals surface area contributed by atoms with Crippen molar-refractivity contribution >= 4 is 16.3 Å². The number of epoxide rings is 1. The fraction of sp³-hybridized carbons (Fsp3) is 0.375. The van der Waals surface area contributed by atoms with E-state index in [4.69, 9.17) is 4.74 Å². The van der Waals surface area contributed by atoms with E-state index in [1.165, 1.54) is 5.69 Å². The Hall–Kier alpha value is -0.870. The Morgan fingerprint density at radius 3 is 3.33 bits per heavy atom. The lowest BCUT2D eigenvalue weighted by Crippen LogP contribution is -1.89. The number of imidazole rings is 1. The molecule has 0 saturated carbocycles. The highest BCUT2D eigenvalue weighted by Crippen LogP contribution is 2.33. The van der Waals surface area contributed by atoms with E-state index >= 15 is 0 Å². The second-order valence-electron chi connectivity index (χ2n) is 2.96. The number of fused-ring (bicyclic) bond motifs is 1. The molecular weight excluding hydrogens is 172 g/mol. The van der Waals surface area contributed by atoms with Crippen LogP contribution in [0.25, 0.3) is 4.96 Å². The third-order valence-corrected chi connectivity index (χ3v) is 2.88. The minimum Gasteiger partial charge on any atom is -0.366 e. The molecular formula is C8H8N2OS. The van der Waals surface area contributed by atoms with Gasteiger partial charge in [-0.05, 0) is 6.92 Å². The van der Waals surface area contributed by atoms with Crippen LogP contribution in [0.4, 0.5) is 0 Å². The molecule has 0 amide bonds. The minimum atomic E-state index is 0.301. The predicted octanol–water partition coefficient (Wildman–Crippen LogP) is 1.78. The second-order valence-corrected chi connectivity index (χ2v) is 3.83. The molecule has 1 saturated heterocycles. The Labute approximate surface area is 73.6 Å². The fourth-order valence-electron chi connectivity index (χ4n) is 1.51. The summed E-state index contributed by atoms with van der Waals surface area (Å²) in [7, 11) is 0. The van der Waals surface area contributed by atoms with Gasteiger partial charge in [0.1, 0.15) is 6.10 Å². The fourth-order valence-corrected chi connectivity index (χ4v) is 2.27. The summed E-state index contributed by atoms with van der Waals surface area (Å²) in [6.45, 7) is 2.89. The molecule has 1 fully saturated rings. The highest BCUT2D eigenvalue weighted by Gasteiger charge is 2.30. The number of nitrogens with zero attached hydrogens (tertiary/aromatic N) is 2. The highest BCUT2D eigenvalue weighted by atomic mass is 32.1. The molecule has 1 atom stereocenters. The van der Waals surface area contributed by atoms with E-state index in [0.29, 0.717) is 6.10 Å². The van der Waals surface area contributed by atoms with Gasteiger partial charge < -0.3 is 4.74 Å². The van der Waals surface area contributed by atoms with Crippen molar-refractivity contribution in [3.8, 4) is 0 Å². The zero-order valence-electron chi connectivity index (χ0n) is 6.65. The molecule has 0 bridgehead atoms. The van der Waals surface area contributed by atoms with Gasteiger partial charge in [0.05, 0.1) is 18.0 Å². The van der Waals surface area contributed by atoms with E-state index < -0.39 is 0 Å². The molecule has 4 heteroatoms. The Bertz CT molecular complexity index is 427. The van der Waals surface area contributed by atoms with Crippen LogP contribution in [0.1, 0.15) is 17.5 Å². The van der Waals surface area contributed by atoms with Crippen LogP contribution < -0.4 is 0 Å². The maximum atomic E-state index is 5.26. The molecule has 0 spiro atoms. The molecule has 0 radical (unpaired) electrons. The predicted molar refractivity (Wildman–Crippen MR) is 46.5 cm³/mol. The van der Waals surface area contributed by atoms with Crippen LogP contribution in [0, 0.1) is 6.92 Å². The van der Waals surface area contributed by atoms with Gasteiger partial charge in [-0.25, -0.2) is 4.98 Å². The standard InChI is InChI=1S/C8H8N2OS/c1-5-7(6-4-11-6)10-2-3-12-8(10)9-5/h2-3,6H,4H2,1H3. The van der Waals surface area contributed by atoms with E-state index in [2.05, 4.69) is 15.6 Å². The van der Waals surface area contributed by atoms with Gasteiger partial charge in [-0.2, -0.15) is 0 Å². The second kappa shape index (κ2) is 2.08. The van der Waals surface area contributed by atoms with Crippen LogP contribution in [0.3, 0.4) is 0 Å². The van der Waals surface area contributed by atoms with E-state index in [1.54, 1.807) is 11.3 Å². The summed E-state index contributed by atoms with van der Waals surface area (Å²) < 4.78 is 7.38. The third kappa shape index (κ3) is 0.763. The van der Waals surface area contributed by atoms with Crippen molar-refractivity contribution < 1.29 is 4.74 Å². The van der Waals surface area contributed by atoms with Gasteiger partial charge in [0.25, 0.3) is 0 Å². The van der Waals surface area contributed by atoms with E-state index in [0.717, 1.165) is 17.3 Å². The van der Waals surface area contributed by atoms with Crippen LogP contribution in [0.5, 0.6) is 0 Å². The molecule has 3 rings (SSSR count). The normalized spacial score (nSPS) is 21.9. The van der Waals surface area contributed by atoms with Crippen molar-refractivity contribution in [3.63, 3.8) is 0 Å². The first-order valence-electron chi connectivity index (χ1n) is 3.90. The molecule has 1 unspecified atom stereocenters. The van der Waals surface area contributed by atoms with E-state index in [-0.39, 0.29) is 0 Å². The van der Waals surface area contributed by atoms with Crippen molar-refractivity contribution in [1.29, 1.82) is 0 Å². The number of hydrogen-bond acceptors (Lipinski definition) is 3. The molecule has 0 aliphatic carbocycles. The van der Waals surface area contributed by atoms with E-state index in [9.17, 15) is 0 Å². The van der Waals surface area contributed by atoms with Crippen LogP contribution in [-0.2, 0) is 4.74 Å². The lowest BCUT2D eigenvalue weighted by Gasteiger charge is -1.92. The summed E-state index contributed by atoms with van der Waals surface area (Å²) in [6, 6.07) is 0. The van der Waals surface area contributed by atoms with Gasteiger partial charge in [-0.15, -0.1) is 11.3 Å². The molecule has 0 N–H and O–H groups in total. The molecule has 1 aliphatic heterocycles. The Balaban J connectivity index is 2.34. The molecule has 3 nitrogen and oxygen atoms in total. The first-order valence-corrected chi connectivity index (χ1v) is 4.78. The maximum Gasteiger partial charge on any atom is 0.194 e. The van der Waals surface area contributed by atoms with Gasteiger partial charge in [-0.1, -0.05) is 0 Å². The number of hydrogen-bond donors (Lipinski definition) is 0. The van der Waals surface area contributed by atoms with Crippen LogP contribution in [-0.4, -0.2) is 16.0 Å². The summed E-state index contributed by atoms with van der Waals surface area (Å²) in [5, 5.41) is 2.05. The van der Waals surface area contributed by atoms with Crippen molar-refractivity contribution in [2.45, 2.75) is 13.0 Å². The van der Waals surface area contributed by atoms with Gasteiger partial charge in [0.15, 0.2) is 4.96 Å². The number of aryl methyl sites for hydroxylation is 1. The minimum absolute atomic E-state index is 0.301. The molecule has 2 aromatic rings. The highest BCUT2D eigenvalue weighted by molar-refractivity contribution is 7.15. The topological polar surface area (TPSA) is 29.8 Å². The maximum absolute atomic E-state index is 5.26. The molecule has 2 aromatic heterocycles. The molecule has 1 aliphatic rings. The van der Waals surface area contributed by atoms with Crippen molar-refractivity contribution in [3.05, 3.63) is 23.0 Å². The third-order valence-electron chi connectivity index (χ3n) is 2.12. The van der Waals surface area contributed by atoms with Crippen LogP contribution in [0.2, 0.25) is 0 Å². The molecule has 3 heterocycles. The Morgan fingerprint density at radius 2 is 2.58 bits per heavy atom. The van der Waals surface area contributed by atoms with Gasteiger partial charge >= 0.3 is 0 Å². The van der Waals surface area contributed by atoms with Crippen molar-refractivity contribution in [2.24, 2.45) is 0 Å². The summed E-state index contributed by atoms with van der Waals surface area (Å²) >= 11 is 1.66. The van der Waals surface area contributed by atoms with Gasteiger partial charge in [-0.3, -0.25) is 4.40 Å². The average molecular weight is 180 g/mol. The Morgan fingerprint density at radius 1 is 1.75 bits per heavy atom. The van der Waals surface area contributed by atoms with Crippen LogP contribution in [0.15, 0.2) is 11.6 Å². The van der Waals surface area contributed by atoms with Crippen molar-refractivity contribution in [2.75, 3.05) is 6.61 Å². The Kier molecular flexibility index (Phi) is 1.15. The molecule has 0 aromatic carbocycles. The summed E-state index contributed by atoms with van der Waals surface area (Å²) in [5.74, 6) is 0. The smallest absolute Gasteiger partial charge is 0.194 e. The number of rotatable bonds is 1.